The zero-order valence-electron chi connectivity index (χ0n) is 17.3. The van der Waals surface area contributed by atoms with Crippen LogP contribution in [-0.2, 0) is 17.6 Å². The van der Waals surface area contributed by atoms with E-state index in [2.05, 4.69) is 32.2 Å². The SMILES string of the molecule is CCC(C(=O)Nc1sc2c(c1C#N)CCC(C(C)(C)CC)C2)c1ccccc1. The topological polar surface area (TPSA) is 52.9 Å². The molecule has 4 heteroatoms. The fourth-order valence-corrected chi connectivity index (χ4v) is 5.49. The van der Waals surface area contributed by atoms with Crippen molar-refractivity contribution in [3.63, 3.8) is 0 Å². The molecule has 0 saturated carbocycles. The molecule has 2 aromatic rings. The fraction of sp³-hybridized carbons (Fsp3) is 0.500. The number of hydrogen-bond acceptors (Lipinski definition) is 3. The van der Waals surface area contributed by atoms with Crippen LogP contribution in [0.5, 0.6) is 0 Å². The number of nitrogens with one attached hydrogen (secondary N) is 1. The Morgan fingerprint density at radius 3 is 2.64 bits per heavy atom. The molecule has 0 spiro atoms. The third kappa shape index (κ3) is 4.00. The summed E-state index contributed by atoms with van der Waals surface area (Å²) in [5.41, 5.74) is 3.17. The van der Waals surface area contributed by atoms with Crippen molar-refractivity contribution in [3.8, 4) is 6.07 Å². The first-order valence-corrected chi connectivity index (χ1v) is 11.1. The van der Waals surface area contributed by atoms with E-state index in [0.717, 1.165) is 42.7 Å². The molecule has 3 rings (SSSR count). The Morgan fingerprint density at radius 1 is 1.32 bits per heavy atom. The highest BCUT2D eigenvalue weighted by molar-refractivity contribution is 7.16. The minimum absolute atomic E-state index is 0.0192. The number of benzene rings is 1. The van der Waals surface area contributed by atoms with Gasteiger partial charge in [-0.15, -0.1) is 11.3 Å². The lowest BCUT2D eigenvalue weighted by atomic mass is 9.69. The maximum atomic E-state index is 13.0. The Bertz CT molecular complexity index is 876. The van der Waals surface area contributed by atoms with Gasteiger partial charge in [0.05, 0.1) is 11.5 Å². The molecule has 0 saturated heterocycles. The van der Waals surface area contributed by atoms with Gasteiger partial charge in [-0.1, -0.05) is 64.4 Å². The smallest absolute Gasteiger partial charge is 0.232 e. The molecule has 0 aliphatic heterocycles. The van der Waals surface area contributed by atoms with Crippen LogP contribution in [-0.4, -0.2) is 5.91 Å². The van der Waals surface area contributed by atoms with Crippen LogP contribution in [0.15, 0.2) is 30.3 Å². The van der Waals surface area contributed by atoms with Gasteiger partial charge >= 0.3 is 0 Å². The molecular formula is C24H30N2OS. The second kappa shape index (κ2) is 8.49. The Kier molecular flexibility index (Phi) is 6.25. The summed E-state index contributed by atoms with van der Waals surface area (Å²) in [5.74, 6) is 0.416. The summed E-state index contributed by atoms with van der Waals surface area (Å²) in [7, 11) is 0. The van der Waals surface area contributed by atoms with Gasteiger partial charge in [-0.05, 0) is 48.1 Å². The summed E-state index contributed by atoms with van der Waals surface area (Å²) in [6.45, 7) is 8.97. The summed E-state index contributed by atoms with van der Waals surface area (Å²) < 4.78 is 0. The molecule has 1 aromatic carbocycles. The lowest BCUT2D eigenvalue weighted by Crippen LogP contribution is -2.28. The van der Waals surface area contributed by atoms with Crippen molar-refractivity contribution in [2.24, 2.45) is 11.3 Å². The Morgan fingerprint density at radius 2 is 2.04 bits per heavy atom. The minimum atomic E-state index is -0.196. The highest BCUT2D eigenvalue weighted by atomic mass is 32.1. The first-order valence-electron chi connectivity index (χ1n) is 10.3. The maximum absolute atomic E-state index is 13.0. The molecule has 1 aliphatic carbocycles. The van der Waals surface area contributed by atoms with Gasteiger partial charge in [-0.3, -0.25) is 4.79 Å². The van der Waals surface area contributed by atoms with Crippen molar-refractivity contribution < 1.29 is 4.79 Å². The summed E-state index contributed by atoms with van der Waals surface area (Å²) in [6, 6.07) is 12.2. The molecule has 1 amide bonds. The van der Waals surface area contributed by atoms with Gasteiger partial charge in [0.1, 0.15) is 11.1 Å². The lowest BCUT2D eigenvalue weighted by molar-refractivity contribution is -0.117. The van der Waals surface area contributed by atoms with Crippen LogP contribution in [0.4, 0.5) is 5.00 Å². The number of anilines is 1. The number of hydrogen-bond donors (Lipinski definition) is 1. The first-order chi connectivity index (χ1) is 13.4. The normalized spacial score (nSPS) is 17.5. The molecule has 0 bridgehead atoms. The quantitative estimate of drug-likeness (QED) is 0.625. The predicted octanol–water partition coefficient (Wildman–Crippen LogP) is 6.29. The van der Waals surface area contributed by atoms with E-state index in [0.29, 0.717) is 16.9 Å². The fourth-order valence-electron chi connectivity index (χ4n) is 4.20. The number of carbonyl (C=O) groups excluding carboxylic acids is 1. The number of carbonyl (C=O) groups is 1. The zero-order valence-corrected chi connectivity index (χ0v) is 18.2. The number of amides is 1. The largest absolute Gasteiger partial charge is 0.316 e. The molecule has 1 N–H and O–H groups in total. The van der Waals surface area contributed by atoms with Crippen LogP contribution >= 0.6 is 11.3 Å². The number of fused-ring (bicyclic) bond motifs is 1. The van der Waals surface area contributed by atoms with Crippen LogP contribution in [0.25, 0.3) is 0 Å². The number of nitrogens with zero attached hydrogens (tertiary/aromatic N) is 1. The molecular weight excluding hydrogens is 364 g/mol. The first kappa shape index (κ1) is 20.6. The zero-order chi connectivity index (χ0) is 20.3. The summed E-state index contributed by atoms with van der Waals surface area (Å²) >= 11 is 1.61. The van der Waals surface area contributed by atoms with Gasteiger partial charge in [0, 0.05) is 4.88 Å². The standard InChI is InChI=1S/C24H30N2OS/c1-5-18(16-10-8-7-9-11-16)22(27)26-23-20(15-25)19-13-12-17(14-21(19)28-23)24(3,4)6-2/h7-11,17-18H,5-6,12-14H2,1-4H3,(H,26,27). The van der Waals surface area contributed by atoms with Crippen LogP contribution in [0.3, 0.4) is 0 Å². The molecule has 0 radical (unpaired) electrons. The molecule has 2 unspecified atom stereocenters. The molecule has 1 heterocycles. The molecule has 1 aliphatic rings. The van der Waals surface area contributed by atoms with E-state index in [1.807, 2.05) is 37.3 Å². The van der Waals surface area contributed by atoms with Gasteiger partial charge in [-0.2, -0.15) is 5.26 Å². The Balaban J connectivity index is 1.84. The summed E-state index contributed by atoms with van der Waals surface area (Å²) in [6.07, 6.45) is 4.96. The molecule has 28 heavy (non-hydrogen) atoms. The van der Waals surface area contributed by atoms with Gasteiger partial charge in [0.15, 0.2) is 0 Å². The van der Waals surface area contributed by atoms with E-state index in [9.17, 15) is 10.1 Å². The average molecular weight is 395 g/mol. The Labute approximate surface area is 172 Å². The molecule has 1 aromatic heterocycles. The number of rotatable bonds is 6. The molecule has 2 atom stereocenters. The van der Waals surface area contributed by atoms with Crippen molar-refractivity contribution in [2.45, 2.75) is 65.7 Å². The predicted molar refractivity (Wildman–Crippen MR) is 117 cm³/mol. The number of nitriles is 1. The van der Waals surface area contributed by atoms with Crippen molar-refractivity contribution in [3.05, 3.63) is 51.9 Å². The van der Waals surface area contributed by atoms with Crippen LogP contribution in [0, 0.1) is 22.7 Å². The van der Waals surface area contributed by atoms with Gasteiger partial charge in [0.2, 0.25) is 5.91 Å². The average Bonchev–Trinajstić information content (AvgIpc) is 3.05. The third-order valence-electron chi connectivity index (χ3n) is 6.56. The van der Waals surface area contributed by atoms with Gasteiger partial charge in [0.25, 0.3) is 0 Å². The second-order valence-electron chi connectivity index (χ2n) is 8.46. The molecule has 148 valence electrons. The molecule has 3 nitrogen and oxygen atoms in total. The van der Waals surface area contributed by atoms with Crippen molar-refractivity contribution in [1.82, 2.24) is 0 Å². The lowest BCUT2D eigenvalue weighted by Gasteiger charge is -2.36. The van der Waals surface area contributed by atoms with E-state index < -0.39 is 0 Å². The third-order valence-corrected chi connectivity index (χ3v) is 7.73. The Hall–Kier alpha value is -2.12. The van der Waals surface area contributed by atoms with Crippen LogP contribution in [0.2, 0.25) is 0 Å². The van der Waals surface area contributed by atoms with E-state index in [-0.39, 0.29) is 11.8 Å². The van der Waals surface area contributed by atoms with Crippen LogP contribution < -0.4 is 5.32 Å². The van der Waals surface area contributed by atoms with E-state index in [1.165, 1.54) is 10.4 Å². The monoisotopic (exact) mass is 394 g/mol. The van der Waals surface area contributed by atoms with Crippen molar-refractivity contribution in [2.75, 3.05) is 5.32 Å². The molecule has 0 fully saturated rings. The number of thiophene rings is 1. The van der Waals surface area contributed by atoms with E-state index in [4.69, 9.17) is 0 Å². The summed E-state index contributed by atoms with van der Waals surface area (Å²) in [4.78, 5) is 14.3. The van der Waals surface area contributed by atoms with E-state index in [1.54, 1.807) is 11.3 Å². The van der Waals surface area contributed by atoms with Gasteiger partial charge in [-0.25, -0.2) is 0 Å². The van der Waals surface area contributed by atoms with Crippen molar-refractivity contribution in [1.29, 1.82) is 5.26 Å². The second-order valence-corrected chi connectivity index (χ2v) is 9.57. The highest BCUT2D eigenvalue weighted by Gasteiger charge is 2.34. The highest BCUT2D eigenvalue weighted by Crippen LogP contribution is 2.45. The summed E-state index contributed by atoms with van der Waals surface area (Å²) in [5, 5.41) is 13.6. The van der Waals surface area contributed by atoms with Gasteiger partial charge < -0.3 is 5.32 Å². The maximum Gasteiger partial charge on any atom is 0.232 e. The minimum Gasteiger partial charge on any atom is -0.316 e. The van der Waals surface area contributed by atoms with Crippen LogP contribution in [0.1, 0.15) is 74.4 Å². The van der Waals surface area contributed by atoms with E-state index >= 15 is 0 Å². The van der Waals surface area contributed by atoms with Crippen molar-refractivity contribution >= 4 is 22.2 Å².